The summed E-state index contributed by atoms with van der Waals surface area (Å²) in [5.74, 6) is -0.0753. The smallest absolute Gasteiger partial charge is 0.220 e. The van der Waals surface area contributed by atoms with Crippen LogP contribution in [0.3, 0.4) is 0 Å². The number of carbonyl (C=O) groups is 1. The van der Waals surface area contributed by atoms with Gasteiger partial charge >= 0.3 is 0 Å². The lowest BCUT2D eigenvalue weighted by molar-refractivity contribution is -0.123. The van der Waals surface area contributed by atoms with Gasteiger partial charge in [0.15, 0.2) is 0 Å². The zero-order chi connectivity index (χ0) is 41.4. The van der Waals surface area contributed by atoms with Crippen LogP contribution in [0.5, 0.6) is 0 Å². The molecule has 1 amide bonds. The number of hydrogen-bond donors (Lipinski definition) is 3. The molecule has 2 atom stereocenters. The van der Waals surface area contributed by atoms with Crippen LogP contribution >= 0.6 is 0 Å². The van der Waals surface area contributed by atoms with Gasteiger partial charge in [0.2, 0.25) is 5.91 Å². The van der Waals surface area contributed by atoms with Crippen molar-refractivity contribution in [3.05, 3.63) is 85.1 Å². The average molecular weight is 792 g/mol. The number of aliphatic hydroxyl groups is 2. The molecule has 0 aromatic carbocycles. The fourth-order valence-electron chi connectivity index (χ4n) is 6.95. The van der Waals surface area contributed by atoms with E-state index >= 15 is 0 Å². The molecular weight excluding hydrogens is 699 g/mol. The van der Waals surface area contributed by atoms with Crippen molar-refractivity contribution in [2.75, 3.05) is 6.61 Å². The summed E-state index contributed by atoms with van der Waals surface area (Å²) in [7, 11) is 0. The predicted molar refractivity (Wildman–Crippen MR) is 253 cm³/mol. The van der Waals surface area contributed by atoms with Gasteiger partial charge in [-0.3, -0.25) is 4.79 Å². The van der Waals surface area contributed by atoms with Crippen molar-refractivity contribution in [3.8, 4) is 0 Å². The number of rotatable bonds is 43. The Bertz CT molecular complexity index is 1030. The number of carbonyl (C=O) groups excluding carboxylic acids is 1. The summed E-state index contributed by atoms with van der Waals surface area (Å²) in [5.41, 5.74) is 0. The molecule has 0 heterocycles. The molecule has 0 saturated carbocycles. The summed E-state index contributed by atoms with van der Waals surface area (Å²) in [6, 6.07) is -0.632. The van der Waals surface area contributed by atoms with E-state index in [1.807, 2.05) is 6.08 Å². The Morgan fingerprint density at radius 3 is 1.16 bits per heavy atom. The van der Waals surface area contributed by atoms with E-state index in [-0.39, 0.29) is 12.5 Å². The monoisotopic (exact) mass is 792 g/mol. The highest BCUT2D eigenvalue weighted by atomic mass is 16.3. The van der Waals surface area contributed by atoms with Gasteiger partial charge in [-0.25, -0.2) is 0 Å². The lowest BCUT2D eigenvalue weighted by atomic mass is 10.0. The van der Waals surface area contributed by atoms with Gasteiger partial charge in [-0.05, 0) is 70.6 Å². The summed E-state index contributed by atoms with van der Waals surface area (Å²) in [6.07, 6.45) is 69.8. The predicted octanol–water partition coefficient (Wildman–Crippen LogP) is 15.6. The van der Waals surface area contributed by atoms with E-state index in [1.165, 1.54) is 135 Å². The largest absolute Gasteiger partial charge is 0.394 e. The summed E-state index contributed by atoms with van der Waals surface area (Å²) < 4.78 is 0. The molecule has 3 N–H and O–H groups in total. The molecule has 0 bridgehead atoms. The quantitative estimate of drug-likeness (QED) is 0.0425. The number of unbranched alkanes of at least 4 members (excludes halogenated alkanes) is 24. The summed E-state index contributed by atoms with van der Waals surface area (Å²) in [6.45, 7) is 4.19. The van der Waals surface area contributed by atoms with Gasteiger partial charge in [0, 0.05) is 6.42 Å². The normalized spacial score (nSPS) is 13.7. The highest BCUT2D eigenvalue weighted by Crippen LogP contribution is 2.15. The van der Waals surface area contributed by atoms with E-state index in [1.54, 1.807) is 6.08 Å². The number of allylic oxidation sites excluding steroid dienone is 13. The first-order chi connectivity index (χ1) is 28.2. The average Bonchev–Trinajstić information content (AvgIpc) is 3.22. The summed E-state index contributed by atoms with van der Waals surface area (Å²) in [5, 5.41) is 23.1. The van der Waals surface area contributed by atoms with Crippen LogP contribution in [-0.4, -0.2) is 34.9 Å². The van der Waals surface area contributed by atoms with E-state index < -0.39 is 12.1 Å². The summed E-state index contributed by atoms with van der Waals surface area (Å²) in [4.78, 5) is 12.4. The standard InChI is InChI=1S/C53H93NO3/c1-3-5-7-9-11-13-15-17-19-21-23-24-25-26-27-28-29-30-31-33-35-37-39-41-43-45-47-49-53(57)54-51(50-55)52(56)48-46-44-42-40-38-36-34-32-22-20-18-16-14-12-10-8-6-4-2/h5,7,11,13,17,19,23-24,26-27,29-30,46,48,51-52,55-56H,3-4,6,8-10,12,14-16,18,20-22,25,28,31-45,47,49-50H2,1-2H3,(H,54,57)/b7-5-,13-11-,19-17-,24-23-,27-26-,30-29-,48-46+. The van der Waals surface area contributed by atoms with Gasteiger partial charge in [-0.15, -0.1) is 0 Å². The van der Waals surface area contributed by atoms with E-state index in [4.69, 9.17) is 0 Å². The molecule has 4 heteroatoms. The maximum atomic E-state index is 12.4. The van der Waals surface area contributed by atoms with Crippen LogP contribution in [-0.2, 0) is 4.79 Å². The molecule has 0 saturated heterocycles. The molecule has 0 radical (unpaired) electrons. The Kier molecular flexibility index (Phi) is 45.9. The van der Waals surface area contributed by atoms with E-state index in [0.29, 0.717) is 6.42 Å². The zero-order valence-corrected chi connectivity index (χ0v) is 37.6. The third kappa shape index (κ3) is 44.5. The van der Waals surface area contributed by atoms with E-state index in [0.717, 1.165) is 70.6 Å². The van der Waals surface area contributed by atoms with Crippen molar-refractivity contribution in [2.45, 2.75) is 238 Å². The fraction of sp³-hybridized carbons (Fsp3) is 0.717. The van der Waals surface area contributed by atoms with Gasteiger partial charge in [-0.1, -0.05) is 234 Å². The van der Waals surface area contributed by atoms with Crippen molar-refractivity contribution in [3.63, 3.8) is 0 Å². The van der Waals surface area contributed by atoms with Crippen molar-refractivity contribution in [1.82, 2.24) is 5.32 Å². The molecule has 4 nitrogen and oxygen atoms in total. The maximum Gasteiger partial charge on any atom is 0.220 e. The van der Waals surface area contributed by atoms with Crippen LogP contribution in [0.15, 0.2) is 85.1 Å². The highest BCUT2D eigenvalue weighted by molar-refractivity contribution is 5.76. The number of nitrogens with one attached hydrogen (secondary N) is 1. The minimum absolute atomic E-state index is 0.0753. The molecule has 2 unspecified atom stereocenters. The van der Waals surface area contributed by atoms with Gasteiger partial charge in [0.05, 0.1) is 18.8 Å². The first-order valence-corrected chi connectivity index (χ1v) is 24.3. The zero-order valence-electron chi connectivity index (χ0n) is 37.6. The first kappa shape index (κ1) is 54.6. The Labute approximate surface area is 354 Å². The van der Waals surface area contributed by atoms with Gasteiger partial charge in [-0.2, -0.15) is 0 Å². The van der Waals surface area contributed by atoms with Crippen molar-refractivity contribution in [1.29, 1.82) is 0 Å². The SMILES string of the molecule is CC/C=C\C/C=C\C/C=C\C/C=C\C/C=C\C/C=C\CCCCCCCCCCC(=O)NC(CO)C(O)/C=C/CCCCCCCCCCCCCCCCCC. The molecule has 0 aromatic heterocycles. The second-order valence-electron chi connectivity index (χ2n) is 16.1. The molecule has 0 fully saturated rings. The molecular formula is C53H93NO3. The number of amides is 1. The molecule has 0 aliphatic rings. The number of hydrogen-bond acceptors (Lipinski definition) is 3. The van der Waals surface area contributed by atoms with Crippen molar-refractivity contribution in [2.24, 2.45) is 0 Å². The van der Waals surface area contributed by atoms with Gasteiger partial charge in [0.25, 0.3) is 0 Å². The molecule has 328 valence electrons. The molecule has 0 aliphatic heterocycles. The fourth-order valence-corrected chi connectivity index (χ4v) is 6.95. The molecule has 57 heavy (non-hydrogen) atoms. The second kappa shape index (κ2) is 47.9. The van der Waals surface area contributed by atoms with Gasteiger partial charge in [0.1, 0.15) is 0 Å². The second-order valence-corrected chi connectivity index (χ2v) is 16.1. The highest BCUT2D eigenvalue weighted by Gasteiger charge is 2.17. The lowest BCUT2D eigenvalue weighted by Crippen LogP contribution is -2.45. The van der Waals surface area contributed by atoms with E-state index in [2.05, 4.69) is 92.1 Å². The lowest BCUT2D eigenvalue weighted by Gasteiger charge is -2.20. The van der Waals surface area contributed by atoms with Crippen LogP contribution in [0.1, 0.15) is 226 Å². The van der Waals surface area contributed by atoms with Crippen LogP contribution in [0.2, 0.25) is 0 Å². The maximum absolute atomic E-state index is 12.4. The van der Waals surface area contributed by atoms with Crippen molar-refractivity contribution >= 4 is 5.91 Å². The van der Waals surface area contributed by atoms with Crippen LogP contribution in [0.25, 0.3) is 0 Å². The van der Waals surface area contributed by atoms with Crippen molar-refractivity contribution < 1.29 is 15.0 Å². The first-order valence-electron chi connectivity index (χ1n) is 24.3. The minimum atomic E-state index is -0.848. The Balaban J connectivity index is 3.62. The minimum Gasteiger partial charge on any atom is -0.394 e. The molecule has 0 aromatic rings. The number of aliphatic hydroxyl groups excluding tert-OH is 2. The topological polar surface area (TPSA) is 69.6 Å². The molecule has 0 spiro atoms. The van der Waals surface area contributed by atoms with Crippen LogP contribution < -0.4 is 5.32 Å². The summed E-state index contributed by atoms with van der Waals surface area (Å²) >= 11 is 0. The van der Waals surface area contributed by atoms with E-state index in [9.17, 15) is 15.0 Å². The van der Waals surface area contributed by atoms with Crippen LogP contribution in [0, 0.1) is 0 Å². The molecule has 0 aliphatic carbocycles. The Morgan fingerprint density at radius 2 is 0.772 bits per heavy atom. The third-order valence-corrected chi connectivity index (χ3v) is 10.6. The Morgan fingerprint density at radius 1 is 0.439 bits per heavy atom. The van der Waals surface area contributed by atoms with Crippen LogP contribution in [0.4, 0.5) is 0 Å². The molecule has 0 rings (SSSR count). The Hall–Kier alpha value is -2.43. The van der Waals surface area contributed by atoms with Gasteiger partial charge < -0.3 is 15.5 Å². The third-order valence-electron chi connectivity index (χ3n) is 10.6.